The van der Waals surface area contributed by atoms with E-state index in [4.69, 9.17) is 0 Å². The van der Waals surface area contributed by atoms with Crippen LogP contribution in [0.4, 0.5) is 5.13 Å². The van der Waals surface area contributed by atoms with Crippen molar-refractivity contribution in [1.82, 2.24) is 9.88 Å². The molecule has 2 aliphatic rings. The fraction of sp³-hybridized carbons (Fsp3) is 0.667. The van der Waals surface area contributed by atoms with Gasteiger partial charge in [0.1, 0.15) is 0 Å². The van der Waals surface area contributed by atoms with Crippen LogP contribution in [0.2, 0.25) is 0 Å². The first-order valence-electron chi connectivity index (χ1n) is 6.20. The molecule has 1 fully saturated rings. The second kappa shape index (κ2) is 4.38. The van der Waals surface area contributed by atoms with E-state index in [1.807, 2.05) is 0 Å². The standard InChI is InChI=1S/C12H17N3OS/c1-14-5-7-15(8-6-14)12-13-9-3-2-4-10(16)11(9)17-12/h2-8H2,1H3. The lowest BCUT2D eigenvalue weighted by atomic mass is 10.0. The second-order valence-corrected chi connectivity index (χ2v) is 5.82. The summed E-state index contributed by atoms with van der Waals surface area (Å²) >= 11 is 1.60. The Bertz CT molecular complexity index is 435. The van der Waals surface area contributed by atoms with Crippen molar-refractivity contribution in [2.24, 2.45) is 0 Å². The lowest BCUT2D eigenvalue weighted by Crippen LogP contribution is -2.44. The first kappa shape index (κ1) is 11.2. The topological polar surface area (TPSA) is 36.4 Å². The van der Waals surface area contributed by atoms with Gasteiger partial charge in [0, 0.05) is 32.6 Å². The van der Waals surface area contributed by atoms with Crippen molar-refractivity contribution in [3.8, 4) is 0 Å². The molecular formula is C12H17N3OS. The van der Waals surface area contributed by atoms with E-state index >= 15 is 0 Å². The number of ketones is 1. The smallest absolute Gasteiger partial charge is 0.186 e. The van der Waals surface area contributed by atoms with Crippen molar-refractivity contribution in [3.63, 3.8) is 0 Å². The number of aryl methyl sites for hydroxylation is 1. The van der Waals surface area contributed by atoms with E-state index in [-0.39, 0.29) is 0 Å². The average Bonchev–Trinajstić information content (AvgIpc) is 2.75. The third-order valence-corrected chi connectivity index (χ3v) is 4.73. The molecule has 5 heteroatoms. The highest BCUT2D eigenvalue weighted by Gasteiger charge is 2.25. The highest BCUT2D eigenvalue weighted by atomic mass is 32.1. The van der Waals surface area contributed by atoms with Crippen molar-refractivity contribution in [2.45, 2.75) is 19.3 Å². The number of piperazine rings is 1. The number of carbonyl (C=O) groups is 1. The van der Waals surface area contributed by atoms with Crippen LogP contribution < -0.4 is 4.90 Å². The Hall–Kier alpha value is -0.940. The zero-order valence-electron chi connectivity index (χ0n) is 10.1. The molecule has 1 aromatic heterocycles. The molecule has 0 saturated carbocycles. The van der Waals surface area contributed by atoms with Gasteiger partial charge in [-0.05, 0) is 19.9 Å². The number of hydrogen-bond donors (Lipinski definition) is 0. The Morgan fingerprint density at radius 2 is 1.94 bits per heavy atom. The van der Waals surface area contributed by atoms with Crippen LogP contribution in [0.25, 0.3) is 0 Å². The van der Waals surface area contributed by atoms with Gasteiger partial charge in [0.2, 0.25) is 0 Å². The Morgan fingerprint density at radius 3 is 2.65 bits per heavy atom. The molecule has 1 saturated heterocycles. The van der Waals surface area contributed by atoms with E-state index in [1.54, 1.807) is 11.3 Å². The molecule has 1 aliphatic heterocycles. The number of fused-ring (bicyclic) bond motifs is 1. The molecule has 2 heterocycles. The third-order valence-electron chi connectivity index (χ3n) is 3.53. The van der Waals surface area contributed by atoms with Crippen molar-refractivity contribution in [2.75, 3.05) is 38.1 Å². The molecule has 0 aromatic carbocycles. The van der Waals surface area contributed by atoms with Crippen molar-refractivity contribution in [1.29, 1.82) is 0 Å². The molecule has 0 bridgehead atoms. The number of anilines is 1. The van der Waals surface area contributed by atoms with Gasteiger partial charge >= 0.3 is 0 Å². The maximum Gasteiger partial charge on any atom is 0.186 e. The number of likely N-dealkylation sites (N-methyl/N-ethyl adjacent to an activating group) is 1. The molecule has 0 amide bonds. The first-order chi connectivity index (χ1) is 8.24. The fourth-order valence-corrected chi connectivity index (χ4v) is 3.52. The number of rotatable bonds is 1. The predicted octanol–water partition coefficient (Wildman–Crippen LogP) is 1.41. The molecule has 92 valence electrons. The minimum Gasteiger partial charge on any atom is -0.346 e. The summed E-state index contributed by atoms with van der Waals surface area (Å²) in [5.74, 6) is 0.295. The van der Waals surface area contributed by atoms with Crippen LogP contribution in [-0.4, -0.2) is 48.9 Å². The number of nitrogens with zero attached hydrogens (tertiary/aromatic N) is 3. The molecular weight excluding hydrogens is 234 g/mol. The highest BCUT2D eigenvalue weighted by Crippen LogP contribution is 2.32. The van der Waals surface area contributed by atoms with E-state index in [2.05, 4.69) is 21.8 Å². The number of Topliss-reactive ketones (excluding diaryl/α,β-unsaturated/α-hetero) is 1. The Kier molecular flexibility index (Phi) is 2.88. The predicted molar refractivity (Wildman–Crippen MR) is 69.1 cm³/mol. The van der Waals surface area contributed by atoms with E-state index < -0.39 is 0 Å². The molecule has 17 heavy (non-hydrogen) atoms. The largest absolute Gasteiger partial charge is 0.346 e. The summed E-state index contributed by atoms with van der Waals surface area (Å²) in [6, 6.07) is 0. The van der Waals surface area contributed by atoms with Crippen molar-refractivity contribution >= 4 is 22.3 Å². The van der Waals surface area contributed by atoms with Gasteiger partial charge in [0.15, 0.2) is 10.9 Å². The van der Waals surface area contributed by atoms with Crippen LogP contribution in [0.5, 0.6) is 0 Å². The normalized spacial score (nSPS) is 21.7. The second-order valence-electron chi connectivity index (χ2n) is 4.84. The Morgan fingerprint density at radius 1 is 1.18 bits per heavy atom. The SMILES string of the molecule is CN1CCN(c2nc3c(s2)C(=O)CCC3)CC1. The number of hydrogen-bond acceptors (Lipinski definition) is 5. The molecule has 0 N–H and O–H groups in total. The van der Waals surface area contributed by atoms with Gasteiger partial charge in [-0.1, -0.05) is 11.3 Å². The zero-order chi connectivity index (χ0) is 11.8. The van der Waals surface area contributed by atoms with Gasteiger partial charge in [0.05, 0.1) is 10.6 Å². The van der Waals surface area contributed by atoms with E-state index in [0.29, 0.717) is 12.2 Å². The molecule has 0 radical (unpaired) electrons. The Balaban J connectivity index is 1.82. The molecule has 1 aliphatic carbocycles. The van der Waals surface area contributed by atoms with E-state index in [1.165, 1.54) is 0 Å². The fourth-order valence-electron chi connectivity index (χ4n) is 2.39. The lowest BCUT2D eigenvalue weighted by molar-refractivity contribution is 0.0976. The molecule has 1 aromatic rings. The average molecular weight is 251 g/mol. The van der Waals surface area contributed by atoms with E-state index in [0.717, 1.165) is 54.7 Å². The summed E-state index contributed by atoms with van der Waals surface area (Å²) in [7, 11) is 2.15. The van der Waals surface area contributed by atoms with Gasteiger partial charge in [-0.25, -0.2) is 4.98 Å². The van der Waals surface area contributed by atoms with Crippen molar-refractivity contribution < 1.29 is 4.79 Å². The van der Waals surface area contributed by atoms with Gasteiger partial charge in [0.25, 0.3) is 0 Å². The maximum atomic E-state index is 11.8. The number of thiazole rings is 1. The zero-order valence-corrected chi connectivity index (χ0v) is 10.9. The minimum absolute atomic E-state index is 0.295. The molecule has 0 atom stereocenters. The van der Waals surface area contributed by atoms with Gasteiger partial charge in [-0.3, -0.25) is 4.79 Å². The van der Waals surface area contributed by atoms with Crippen LogP contribution in [0, 0.1) is 0 Å². The maximum absolute atomic E-state index is 11.8. The molecule has 0 unspecified atom stereocenters. The van der Waals surface area contributed by atoms with Crippen LogP contribution >= 0.6 is 11.3 Å². The minimum atomic E-state index is 0.295. The van der Waals surface area contributed by atoms with Gasteiger partial charge in [-0.15, -0.1) is 0 Å². The molecule has 0 spiro atoms. The van der Waals surface area contributed by atoms with Crippen LogP contribution in [0.3, 0.4) is 0 Å². The summed E-state index contributed by atoms with van der Waals surface area (Å²) in [6.45, 7) is 4.21. The lowest BCUT2D eigenvalue weighted by Gasteiger charge is -2.32. The van der Waals surface area contributed by atoms with Gasteiger partial charge < -0.3 is 9.80 Å². The quantitative estimate of drug-likeness (QED) is 0.756. The third kappa shape index (κ3) is 2.09. The van der Waals surface area contributed by atoms with Crippen molar-refractivity contribution in [3.05, 3.63) is 10.6 Å². The summed E-state index contributed by atoms with van der Waals surface area (Å²) in [5, 5.41) is 1.05. The van der Waals surface area contributed by atoms with E-state index in [9.17, 15) is 4.79 Å². The van der Waals surface area contributed by atoms with Crippen LogP contribution in [0.1, 0.15) is 28.2 Å². The molecule has 4 nitrogen and oxygen atoms in total. The Labute approximate surface area is 105 Å². The molecule has 3 rings (SSSR count). The number of aromatic nitrogens is 1. The first-order valence-corrected chi connectivity index (χ1v) is 7.02. The summed E-state index contributed by atoms with van der Waals surface area (Å²) in [4.78, 5) is 22.0. The summed E-state index contributed by atoms with van der Waals surface area (Å²) in [5.41, 5.74) is 1.04. The summed E-state index contributed by atoms with van der Waals surface area (Å²) < 4.78 is 0. The summed E-state index contributed by atoms with van der Waals surface area (Å²) in [6.07, 6.45) is 2.65. The monoisotopic (exact) mass is 251 g/mol. The van der Waals surface area contributed by atoms with Gasteiger partial charge in [-0.2, -0.15) is 0 Å². The number of carbonyl (C=O) groups excluding carboxylic acids is 1. The highest BCUT2D eigenvalue weighted by molar-refractivity contribution is 7.17. The van der Waals surface area contributed by atoms with Crippen LogP contribution in [-0.2, 0) is 6.42 Å². The van der Waals surface area contributed by atoms with Crippen LogP contribution in [0.15, 0.2) is 0 Å².